The van der Waals surface area contributed by atoms with Crippen molar-refractivity contribution in [3.05, 3.63) is 36.7 Å². The molecule has 3 heterocycles. The van der Waals surface area contributed by atoms with Crippen molar-refractivity contribution in [3.8, 4) is 5.75 Å². The predicted octanol–water partition coefficient (Wildman–Crippen LogP) is 2.49. The van der Waals surface area contributed by atoms with E-state index in [4.69, 9.17) is 0 Å². The Labute approximate surface area is 178 Å². The van der Waals surface area contributed by atoms with Crippen LogP contribution in [0.4, 0.5) is 24.8 Å². The van der Waals surface area contributed by atoms with Crippen LogP contribution < -0.4 is 14.5 Å². The summed E-state index contributed by atoms with van der Waals surface area (Å²) in [5.74, 6) is 0.814. The maximum Gasteiger partial charge on any atom is 0.573 e. The number of sulfonamides is 1. The topological polar surface area (TPSA) is 78.9 Å². The lowest BCUT2D eigenvalue weighted by Crippen LogP contribution is -2.49. The maximum absolute atomic E-state index is 13.0. The number of ether oxygens (including phenoxy) is 1. The van der Waals surface area contributed by atoms with E-state index in [2.05, 4.69) is 19.6 Å². The molecule has 0 N–H and O–H groups in total. The van der Waals surface area contributed by atoms with Crippen LogP contribution in [-0.4, -0.2) is 68.3 Å². The van der Waals surface area contributed by atoms with E-state index in [0.717, 1.165) is 43.9 Å². The Morgan fingerprint density at radius 3 is 2.06 bits per heavy atom. The van der Waals surface area contributed by atoms with Crippen molar-refractivity contribution in [1.82, 2.24) is 14.3 Å². The molecule has 31 heavy (non-hydrogen) atoms. The molecule has 2 aliphatic heterocycles. The van der Waals surface area contributed by atoms with Crippen molar-refractivity contribution in [2.75, 3.05) is 49.1 Å². The molecule has 4 rings (SSSR count). The third-order valence-corrected chi connectivity index (χ3v) is 7.26. The fraction of sp³-hybridized carbons (Fsp3) is 0.474. The number of rotatable bonds is 5. The fourth-order valence-corrected chi connectivity index (χ4v) is 5.33. The Balaban J connectivity index is 1.47. The van der Waals surface area contributed by atoms with E-state index in [-0.39, 0.29) is 13.1 Å². The largest absolute Gasteiger partial charge is 0.573 e. The average molecular weight is 457 g/mol. The summed E-state index contributed by atoms with van der Waals surface area (Å²) in [5, 5.41) is 0. The highest BCUT2D eigenvalue weighted by Gasteiger charge is 2.36. The monoisotopic (exact) mass is 457 g/mol. The molecule has 8 nitrogen and oxygen atoms in total. The van der Waals surface area contributed by atoms with Gasteiger partial charge in [0, 0.05) is 45.3 Å². The zero-order chi connectivity index (χ0) is 22.1. The second-order valence-corrected chi connectivity index (χ2v) is 9.22. The van der Waals surface area contributed by atoms with Gasteiger partial charge in [-0.2, -0.15) is 4.31 Å². The van der Waals surface area contributed by atoms with E-state index in [1.165, 1.54) is 22.8 Å². The van der Waals surface area contributed by atoms with Gasteiger partial charge in [-0.3, -0.25) is 0 Å². The number of alkyl halides is 3. The number of aromatic nitrogens is 2. The van der Waals surface area contributed by atoms with E-state index in [1.54, 1.807) is 0 Å². The van der Waals surface area contributed by atoms with Gasteiger partial charge >= 0.3 is 6.36 Å². The van der Waals surface area contributed by atoms with Crippen LogP contribution in [0.1, 0.15) is 12.8 Å². The van der Waals surface area contributed by atoms with Crippen molar-refractivity contribution in [3.63, 3.8) is 0 Å². The Morgan fingerprint density at radius 1 is 0.871 bits per heavy atom. The highest BCUT2D eigenvalue weighted by atomic mass is 32.2. The minimum absolute atomic E-state index is 0.117. The van der Waals surface area contributed by atoms with Crippen LogP contribution in [0.25, 0.3) is 0 Å². The zero-order valence-electron chi connectivity index (χ0n) is 16.6. The zero-order valence-corrected chi connectivity index (χ0v) is 17.4. The Bertz CT molecular complexity index is 1020. The number of benzene rings is 1. The van der Waals surface area contributed by atoms with Gasteiger partial charge in [-0.05, 0) is 25.0 Å². The number of piperazine rings is 1. The molecule has 168 valence electrons. The van der Waals surface area contributed by atoms with Gasteiger partial charge in [0.15, 0.2) is 0 Å². The smallest absolute Gasteiger partial charge is 0.404 e. The first-order valence-corrected chi connectivity index (χ1v) is 11.3. The van der Waals surface area contributed by atoms with Crippen LogP contribution in [-0.2, 0) is 10.0 Å². The highest BCUT2D eigenvalue weighted by Crippen LogP contribution is 2.32. The normalized spacial score (nSPS) is 18.4. The van der Waals surface area contributed by atoms with E-state index < -0.39 is 27.0 Å². The molecule has 0 radical (unpaired) electrons. The molecule has 0 spiro atoms. The van der Waals surface area contributed by atoms with Gasteiger partial charge in [0.05, 0.1) is 0 Å². The molecule has 0 amide bonds. The minimum atomic E-state index is -4.98. The van der Waals surface area contributed by atoms with Crippen LogP contribution in [0, 0.1) is 0 Å². The Morgan fingerprint density at radius 2 is 1.45 bits per heavy atom. The molecule has 12 heteroatoms. The van der Waals surface area contributed by atoms with E-state index in [0.29, 0.717) is 18.9 Å². The lowest BCUT2D eigenvalue weighted by atomic mass is 10.3. The number of halogens is 3. The summed E-state index contributed by atoms with van der Waals surface area (Å²) in [6, 6.07) is 6.67. The second kappa shape index (κ2) is 8.50. The number of hydrogen-bond acceptors (Lipinski definition) is 7. The second-order valence-electron chi connectivity index (χ2n) is 7.31. The summed E-state index contributed by atoms with van der Waals surface area (Å²) < 4.78 is 69.1. The van der Waals surface area contributed by atoms with Crippen LogP contribution >= 0.6 is 0 Å². The molecule has 0 bridgehead atoms. The summed E-state index contributed by atoms with van der Waals surface area (Å²) in [6.07, 6.45) is -1.24. The molecule has 1 aromatic carbocycles. The number of para-hydroxylation sites is 1. The van der Waals surface area contributed by atoms with Gasteiger partial charge in [-0.25, -0.2) is 18.4 Å². The van der Waals surface area contributed by atoms with Crippen molar-refractivity contribution in [2.24, 2.45) is 0 Å². The highest BCUT2D eigenvalue weighted by molar-refractivity contribution is 7.89. The molecule has 0 aliphatic carbocycles. The first kappa shape index (κ1) is 21.6. The third kappa shape index (κ3) is 4.85. The standard InChI is InChI=1S/C19H22F3N5O3S/c20-19(21,22)30-15-5-1-2-6-16(15)31(28,29)27-11-9-26(10-12-27)18-13-17(23-14-24-18)25-7-3-4-8-25/h1-2,5-6,13-14H,3-4,7-12H2. The number of nitrogens with zero attached hydrogens (tertiary/aromatic N) is 5. The Kier molecular flexibility index (Phi) is 5.93. The summed E-state index contributed by atoms with van der Waals surface area (Å²) in [6.45, 7) is 2.84. The quantitative estimate of drug-likeness (QED) is 0.683. The van der Waals surface area contributed by atoms with Crippen molar-refractivity contribution in [1.29, 1.82) is 0 Å². The van der Waals surface area contributed by atoms with Crippen LogP contribution in [0.2, 0.25) is 0 Å². The van der Waals surface area contributed by atoms with Gasteiger partial charge < -0.3 is 14.5 Å². The van der Waals surface area contributed by atoms with Crippen LogP contribution in [0.15, 0.2) is 41.6 Å². The maximum atomic E-state index is 13.0. The summed E-state index contributed by atoms with van der Waals surface area (Å²) in [7, 11) is -4.15. The molecule has 2 aromatic rings. The molecular weight excluding hydrogens is 435 g/mol. The van der Waals surface area contributed by atoms with Gasteiger partial charge in [-0.15, -0.1) is 13.2 Å². The lowest BCUT2D eigenvalue weighted by Gasteiger charge is -2.35. The molecule has 2 fully saturated rings. The first-order valence-electron chi connectivity index (χ1n) is 9.91. The van der Waals surface area contributed by atoms with E-state index in [1.807, 2.05) is 11.0 Å². The van der Waals surface area contributed by atoms with E-state index >= 15 is 0 Å². The number of anilines is 2. The van der Waals surface area contributed by atoms with Crippen molar-refractivity contribution in [2.45, 2.75) is 24.1 Å². The van der Waals surface area contributed by atoms with Crippen LogP contribution in [0.5, 0.6) is 5.75 Å². The summed E-state index contributed by atoms with van der Waals surface area (Å²) in [5.41, 5.74) is 0. The SMILES string of the molecule is O=S(=O)(c1ccccc1OC(F)(F)F)N1CCN(c2cc(N3CCCC3)ncn2)CC1. The average Bonchev–Trinajstić information content (AvgIpc) is 3.28. The molecule has 0 saturated carbocycles. The first-order chi connectivity index (χ1) is 14.7. The van der Waals surface area contributed by atoms with Crippen LogP contribution in [0.3, 0.4) is 0 Å². The molecule has 2 saturated heterocycles. The van der Waals surface area contributed by atoms with E-state index in [9.17, 15) is 21.6 Å². The Hall–Kier alpha value is -2.60. The third-order valence-electron chi connectivity index (χ3n) is 5.32. The van der Waals surface area contributed by atoms with Gasteiger partial charge in [0.2, 0.25) is 10.0 Å². The summed E-state index contributed by atoms with van der Waals surface area (Å²) >= 11 is 0. The molecular formula is C19H22F3N5O3S. The summed E-state index contributed by atoms with van der Waals surface area (Å²) in [4.78, 5) is 12.3. The fourth-order valence-electron chi connectivity index (χ4n) is 3.80. The van der Waals surface area contributed by atoms with Gasteiger partial charge in [0.1, 0.15) is 28.6 Å². The van der Waals surface area contributed by atoms with Gasteiger partial charge in [0.25, 0.3) is 0 Å². The number of hydrogen-bond donors (Lipinski definition) is 0. The molecule has 0 atom stereocenters. The van der Waals surface area contributed by atoms with Crippen molar-refractivity contribution >= 4 is 21.7 Å². The lowest BCUT2D eigenvalue weighted by molar-refractivity contribution is -0.275. The van der Waals surface area contributed by atoms with Gasteiger partial charge in [-0.1, -0.05) is 12.1 Å². The molecule has 2 aliphatic rings. The predicted molar refractivity (Wildman–Crippen MR) is 108 cm³/mol. The molecule has 0 unspecified atom stereocenters. The molecule has 1 aromatic heterocycles. The van der Waals surface area contributed by atoms with Crippen molar-refractivity contribution < 1.29 is 26.3 Å². The minimum Gasteiger partial charge on any atom is -0.404 e.